The highest BCUT2D eigenvalue weighted by Crippen LogP contribution is 2.29. The fourth-order valence-electron chi connectivity index (χ4n) is 2.30. The third-order valence-electron chi connectivity index (χ3n) is 3.65. The first-order valence-electron chi connectivity index (χ1n) is 7.55. The maximum Gasteiger partial charge on any atom is 0.321 e. The van der Waals surface area contributed by atoms with Gasteiger partial charge in [-0.2, -0.15) is 0 Å². The van der Waals surface area contributed by atoms with E-state index in [4.69, 9.17) is 25.8 Å². The molecule has 2 amide bonds. The van der Waals surface area contributed by atoms with E-state index in [2.05, 4.69) is 5.32 Å². The topological polar surface area (TPSA) is 60.0 Å². The van der Waals surface area contributed by atoms with Crippen LogP contribution in [0.25, 0.3) is 0 Å². The molecule has 0 aromatic heterocycles. The molecule has 0 fully saturated rings. The van der Waals surface area contributed by atoms with Gasteiger partial charge < -0.3 is 24.4 Å². The van der Waals surface area contributed by atoms with Crippen molar-refractivity contribution in [2.24, 2.45) is 0 Å². The van der Waals surface area contributed by atoms with Crippen LogP contribution in [-0.4, -0.2) is 39.3 Å². The molecular weight excluding hydrogens is 344 g/mol. The van der Waals surface area contributed by atoms with Crippen molar-refractivity contribution in [1.29, 1.82) is 0 Å². The van der Waals surface area contributed by atoms with Crippen molar-refractivity contribution in [2.75, 3.05) is 33.7 Å². The Morgan fingerprint density at radius 2 is 1.76 bits per heavy atom. The molecular formula is C18H21ClN2O4. The summed E-state index contributed by atoms with van der Waals surface area (Å²) in [6, 6.07) is 10.2. The fourth-order valence-corrected chi connectivity index (χ4v) is 2.47. The Kier molecular flexibility index (Phi) is 6.36. The van der Waals surface area contributed by atoms with Crippen LogP contribution in [0, 0.1) is 0 Å². The minimum Gasteiger partial charge on any atom is -0.497 e. The van der Waals surface area contributed by atoms with Gasteiger partial charge in [-0.25, -0.2) is 4.79 Å². The standard InChI is InChI=1S/C18H21ClN2O4/c1-21(11-12-5-7-14(23-2)10-17(12)25-4)18(22)20-15-9-13(19)6-8-16(15)24-3/h5-10H,11H2,1-4H3,(H,20,22). The van der Waals surface area contributed by atoms with Gasteiger partial charge >= 0.3 is 6.03 Å². The van der Waals surface area contributed by atoms with Crippen molar-refractivity contribution < 1.29 is 19.0 Å². The average molecular weight is 365 g/mol. The molecule has 0 unspecified atom stereocenters. The molecule has 0 bridgehead atoms. The molecule has 0 atom stereocenters. The minimum atomic E-state index is -0.293. The summed E-state index contributed by atoms with van der Waals surface area (Å²) in [6.07, 6.45) is 0. The summed E-state index contributed by atoms with van der Waals surface area (Å²) in [7, 11) is 6.39. The van der Waals surface area contributed by atoms with Gasteiger partial charge in [0.05, 0.1) is 33.6 Å². The molecule has 0 aliphatic rings. The van der Waals surface area contributed by atoms with E-state index < -0.39 is 0 Å². The summed E-state index contributed by atoms with van der Waals surface area (Å²) in [4.78, 5) is 14.0. The van der Waals surface area contributed by atoms with Gasteiger partial charge in [0.1, 0.15) is 17.2 Å². The lowest BCUT2D eigenvalue weighted by molar-refractivity contribution is 0.220. The molecule has 2 aromatic carbocycles. The summed E-state index contributed by atoms with van der Waals surface area (Å²) in [5.41, 5.74) is 1.37. The molecule has 2 rings (SSSR count). The Balaban J connectivity index is 2.12. The number of anilines is 1. The van der Waals surface area contributed by atoms with E-state index in [0.717, 1.165) is 5.56 Å². The van der Waals surface area contributed by atoms with Gasteiger partial charge in [0, 0.05) is 23.7 Å². The predicted molar refractivity (Wildman–Crippen MR) is 98.0 cm³/mol. The van der Waals surface area contributed by atoms with E-state index in [9.17, 15) is 4.79 Å². The van der Waals surface area contributed by atoms with Crippen molar-refractivity contribution in [3.63, 3.8) is 0 Å². The van der Waals surface area contributed by atoms with Crippen LogP contribution >= 0.6 is 11.6 Å². The fraction of sp³-hybridized carbons (Fsp3) is 0.278. The van der Waals surface area contributed by atoms with Gasteiger partial charge in [-0.1, -0.05) is 11.6 Å². The zero-order chi connectivity index (χ0) is 18.4. The smallest absolute Gasteiger partial charge is 0.321 e. The Hall–Kier alpha value is -2.60. The predicted octanol–water partition coefficient (Wildman–Crippen LogP) is 4.03. The van der Waals surface area contributed by atoms with Gasteiger partial charge in [-0.05, 0) is 30.3 Å². The number of methoxy groups -OCH3 is 3. The summed E-state index contributed by atoms with van der Waals surface area (Å²) in [5, 5.41) is 3.30. The molecule has 0 aliphatic heterocycles. The van der Waals surface area contributed by atoms with Crippen LogP contribution in [-0.2, 0) is 6.54 Å². The number of nitrogens with zero attached hydrogens (tertiary/aromatic N) is 1. The van der Waals surface area contributed by atoms with Crippen molar-refractivity contribution in [3.05, 3.63) is 47.0 Å². The van der Waals surface area contributed by atoms with Crippen LogP contribution in [0.1, 0.15) is 5.56 Å². The van der Waals surface area contributed by atoms with Gasteiger partial charge in [-0.15, -0.1) is 0 Å². The van der Waals surface area contributed by atoms with Crippen LogP contribution in [0.3, 0.4) is 0 Å². The second-order valence-electron chi connectivity index (χ2n) is 5.31. The Morgan fingerprint density at radius 1 is 1.04 bits per heavy atom. The number of benzene rings is 2. The van der Waals surface area contributed by atoms with E-state index in [0.29, 0.717) is 34.5 Å². The molecule has 0 saturated carbocycles. The number of rotatable bonds is 6. The first kappa shape index (κ1) is 18.7. The summed E-state index contributed by atoms with van der Waals surface area (Å²) >= 11 is 5.99. The molecule has 0 heterocycles. The molecule has 1 N–H and O–H groups in total. The highest BCUT2D eigenvalue weighted by Gasteiger charge is 2.15. The van der Waals surface area contributed by atoms with Gasteiger partial charge in [0.25, 0.3) is 0 Å². The van der Waals surface area contributed by atoms with E-state index in [1.807, 2.05) is 12.1 Å². The van der Waals surface area contributed by atoms with Crippen LogP contribution in [0.2, 0.25) is 5.02 Å². The molecule has 2 aromatic rings. The van der Waals surface area contributed by atoms with E-state index >= 15 is 0 Å². The third kappa shape index (κ3) is 4.70. The van der Waals surface area contributed by atoms with Crippen molar-refractivity contribution >= 4 is 23.3 Å². The van der Waals surface area contributed by atoms with E-state index in [-0.39, 0.29) is 6.03 Å². The van der Waals surface area contributed by atoms with Crippen LogP contribution in [0.5, 0.6) is 17.2 Å². The maximum absolute atomic E-state index is 12.5. The Labute approximate surface area is 152 Å². The van der Waals surface area contributed by atoms with E-state index in [1.54, 1.807) is 45.5 Å². The van der Waals surface area contributed by atoms with E-state index in [1.165, 1.54) is 12.0 Å². The highest BCUT2D eigenvalue weighted by atomic mass is 35.5. The number of hydrogen-bond acceptors (Lipinski definition) is 4. The highest BCUT2D eigenvalue weighted by molar-refractivity contribution is 6.31. The molecule has 25 heavy (non-hydrogen) atoms. The quantitative estimate of drug-likeness (QED) is 0.840. The lowest BCUT2D eigenvalue weighted by Gasteiger charge is -2.20. The summed E-state index contributed by atoms with van der Waals surface area (Å²) < 4.78 is 15.8. The number of nitrogens with one attached hydrogen (secondary N) is 1. The number of amides is 2. The third-order valence-corrected chi connectivity index (χ3v) is 3.89. The molecule has 0 saturated heterocycles. The molecule has 7 heteroatoms. The van der Waals surface area contributed by atoms with Crippen LogP contribution in [0.15, 0.2) is 36.4 Å². The van der Waals surface area contributed by atoms with Gasteiger partial charge in [-0.3, -0.25) is 0 Å². The second-order valence-corrected chi connectivity index (χ2v) is 5.75. The van der Waals surface area contributed by atoms with Crippen LogP contribution in [0.4, 0.5) is 10.5 Å². The summed E-state index contributed by atoms with van der Waals surface area (Å²) in [5.74, 6) is 1.88. The Morgan fingerprint density at radius 3 is 2.40 bits per heavy atom. The monoisotopic (exact) mass is 364 g/mol. The zero-order valence-corrected chi connectivity index (χ0v) is 15.4. The van der Waals surface area contributed by atoms with Crippen LogP contribution < -0.4 is 19.5 Å². The summed E-state index contributed by atoms with van der Waals surface area (Å²) in [6.45, 7) is 0.363. The maximum atomic E-state index is 12.5. The van der Waals surface area contributed by atoms with Gasteiger partial charge in [0.15, 0.2) is 0 Å². The van der Waals surface area contributed by atoms with Crippen molar-refractivity contribution in [3.8, 4) is 17.2 Å². The SMILES string of the molecule is COc1ccc(CN(C)C(=O)Nc2cc(Cl)ccc2OC)c(OC)c1. The normalized spacial score (nSPS) is 10.1. The molecule has 134 valence electrons. The number of halogens is 1. The minimum absolute atomic E-state index is 0.293. The lowest BCUT2D eigenvalue weighted by atomic mass is 10.2. The molecule has 0 radical (unpaired) electrons. The number of carbonyl (C=O) groups is 1. The zero-order valence-electron chi connectivity index (χ0n) is 14.6. The number of urea groups is 1. The molecule has 6 nitrogen and oxygen atoms in total. The second kappa shape index (κ2) is 8.48. The first-order valence-corrected chi connectivity index (χ1v) is 7.92. The number of ether oxygens (including phenoxy) is 3. The Bertz CT molecular complexity index is 752. The molecule has 0 spiro atoms. The number of hydrogen-bond donors (Lipinski definition) is 1. The average Bonchev–Trinajstić information content (AvgIpc) is 2.62. The largest absolute Gasteiger partial charge is 0.497 e. The van der Waals surface area contributed by atoms with Crippen molar-refractivity contribution in [2.45, 2.75) is 6.54 Å². The lowest BCUT2D eigenvalue weighted by Crippen LogP contribution is -2.31. The van der Waals surface area contributed by atoms with Crippen molar-refractivity contribution in [1.82, 2.24) is 4.90 Å². The molecule has 0 aliphatic carbocycles. The first-order chi connectivity index (χ1) is 12.0. The number of carbonyl (C=O) groups excluding carboxylic acids is 1. The van der Waals surface area contributed by atoms with Gasteiger partial charge in [0.2, 0.25) is 0 Å².